The Morgan fingerprint density at radius 3 is 2.90 bits per heavy atom. The summed E-state index contributed by atoms with van der Waals surface area (Å²) in [6, 6.07) is 8.03. The third kappa shape index (κ3) is 5.01. The number of carbonyl (C=O) groups is 1. The number of benzene rings is 1. The van der Waals surface area contributed by atoms with Gasteiger partial charge >= 0.3 is 6.01 Å². The van der Waals surface area contributed by atoms with Gasteiger partial charge in [-0.05, 0) is 69.2 Å². The van der Waals surface area contributed by atoms with Crippen molar-refractivity contribution in [3.63, 3.8) is 0 Å². The highest BCUT2D eigenvalue weighted by Gasteiger charge is 2.28. The number of amides is 1. The van der Waals surface area contributed by atoms with E-state index in [1.54, 1.807) is 7.11 Å². The first kappa shape index (κ1) is 20.4. The number of hydrogen-bond acceptors (Lipinski definition) is 6. The van der Waals surface area contributed by atoms with Crippen LogP contribution in [0.1, 0.15) is 44.9 Å². The van der Waals surface area contributed by atoms with Crippen molar-refractivity contribution in [1.29, 1.82) is 0 Å². The van der Waals surface area contributed by atoms with Gasteiger partial charge in [-0.15, -0.1) is 0 Å². The Labute approximate surface area is 177 Å². The fraction of sp³-hybridized carbons (Fsp3) is 0.522. The summed E-state index contributed by atoms with van der Waals surface area (Å²) in [6.45, 7) is 2.16. The number of aromatic nitrogens is 2. The van der Waals surface area contributed by atoms with Crippen molar-refractivity contribution in [3.8, 4) is 17.1 Å². The molecule has 2 aromatic rings. The molecule has 4 rings (SSSR count). The van der Waals surface area contributed by atoms with Crippen LogP contribution in [-0.4, -0.2) is 42.8 Å². The monoisotopic (exact) mass is 410 g/mol. The van der Waals surface area contributed by atoms with Crippen LogP contribution in [0.2, 0.25) is 0 Å². The third-order valence-electron chi connectivity index (χ3n) is 5.96. The molecular formula is C23H30N4O3. The molecule has 1 N–H and O–H groups in total. The van der Waals surface area contributed by atoms with Crippen molar-refractivity contribution in [2.45, 2.75) is 44.9 Å². The zero-order valence-electron chi connectivity index (χ0n) is 17.6. The third-order valence-corrected chi connectivity index (χ3v) is 5.96. The predicted molar refractivity (Wildman–Crippen MR) is 115 cm³/mol. The molecule has 7 heteroatoms. The topological polar surface area (TPSA) is 80.5 Å². The van der Waals surface area contributed by atoms with Crippen molar-refractivity contribution in [2.75, 3.05) is 31.6 Å². The van der Waals surface area contributed by atoms with E-state index in [4.69, 9.17) is 9.26 Å². The first-order valence-corrected chi connectivity index (χ1v) is 10.9. The van der Waals surface area contributed by atoms with Crippen LogP contribution in [0.5, 0.6) is 5.75 Å². The highest BCUT2D eigenvalue weighted by atomic mass is 16.5. The van der Waals surface area contributed by atoms with Gasteiger partial charge < -0.3 is 19.5 Å². The van der Waals surface area contributed by atoms with Crippen LogP contribution in [0.15, 0.2) is 40.4 Å². The summed E-state index contributed by atoms with van der Waals surface area (Å²) in [5, 5.41) is 7.24. The van der Waals surface area contributed by atoms with E-state index >= 15 is 0 Å². The standard InChI is InChI=1S/C23H30N4O3/c1-29-20-11-9-18(10-12-20)21-25-23(30-26-21)27-15-5-8-19(16-27)22(28)24-14-13-17-6-3-2-4-7-17/h6,9-12,19H,2-5,7-8,13-16H2,1H3,(H,24,28)/t19-/m1/s1. The lowest BCUT2D eigenvalue weighted by Crippen LogP contribution is -2.43. The summed E-state index contributed by atoms with van der Waals surface area (Å²) in [5.74, 6) is 1.41. The second-order valence-electron chi connectivity index (χ2n) is 8.06. The summed E-state index contributed by atoms with van der Waals surface area (Å²) < 4.78 is 10.7. The van der Waals surface area contributed by atoms with Crippen LogP contribution in [0.4, 0.5) is 6.01 Å². The van der Waals surface area contributed by atoms with Gasteiger partial charge in [-0.25, -0.2) is 0 Å². The lowest BCUT2D eigenvalue weighted by molar-refractivity contribution is -0.125. The van der Waals surface area contributed by atoms with E-state index in [1.807, 2.05) is 29.2 Å². The zero-order chi connectivity index (χ0) is 20.8. The molecule has 1 aliphatic carbocycles. The number of rotatable bonds is 7. The molecule has 1 amide bonds. The van der Waals surface area contributed by atoms with Gasteiger partial charge in [0.15, 0.2) is 0 Å². The Kier molecular flexibility index (Phi) is 6.67. The SMILES string of the molecule is COc1ccc(-c2noc(N3CCC[C@@H](C(=O)NCCC4=CCCCC4)C3)n2)cc1. The lowest BCUT2D eigenvalue weighted by Gasteiger charge is -2.30. The van der Waals surface area contributed by atoms with Gasteiger partial charge in [0.05, 0.1) is 13.0 Å². The van der Waals surface area contributed by atoms with E-state index in [1.165, 1.54) is 31.3 Å². The molecule has 30 heavy (non-hydrogen) atoms. The van der Waals surface area contributed by atoms with Gasteiger partial charge in [-0.2, -0.15) is 4.98 Å². The quantitative estimate of drug-likeness (QED) is 0.696. The second kappa shape index (κ2) is 9.78. The van der Waals surface area contributed by atoms with Crippen LogP contribution in [0, 0.1) is 5.92 Å². The molecule has 1 atom stereocenters. The molecule has 2 heterocycles. The minimum Gasteiger partial charge on any atom is -0.497 e. The van der Waals surface area contributed by atoms with Crippen LogP contribution in [-0.2, 0) is 4.79 Å². The van der Waals surface area contributed by atoms with Crippen molar-refractivity contribution in [3.05, 3.63) is 35.9 Å². The molecule has 0 saturated carbocycles. The molecule has 1 aliphatic heterocycles. The van der Waals surface area contributed by atoms with E-state index in [0.29, 0.717) is 18.4 Å². The number of piperidine rings is 1. The van der Waals surface area contributed by atoms with E-state index in [9.17, 15) is 4.79 Å². The summed E-state index contributed by atoms with van der Waals surface area (Å²) >= 11 is 0. The van der Waals surface area contributed by atoms with Crippen molar-refractivity contribution < 1.29 is 14.1 Å². The first-order chi connectivity index (χ1) is 14.7. The number of nitrogens with one attached hydrogen (secondary N) is 1. The molecule has 160 valence electrons. The van der Waals surface area contributed by atoms with Gasteiger partial charge in [0.2, 0.25) is 11.7 Å². The van der Waals surface area contributed by atoms with E-state index < -0.39 is 0 Å². The number of ether oxygens (including phenoxy) is 1. The number of nitrogens with zero attached hydrogens (tertiary/aromatic N) is 3. The average Bonchev–Trinajstić information content (AvgIpc) is 3.30. The molecule has 1 fully saturated rings. The smallest absolute Gasteiger partial charge is 0.324 e. The minimum absolute atomic E-state index is 0.0459. The van der Waals surface area contributed by atoms with Crippen LogP contribution >= 0.6 is 0 Å². The van der Waals surface area contributed by atoms with Gasteiger partial charge in [0.1, 0.15) is 5.75 Å². The lowest BCUT2D eigenvalue weighted by atomic mass is 9.96. The Morgan fingerprint density at radius 1 is 1.27 bits per heavy atom. The number of hydrogen-bond donors (Lipinski definition) is 1. The van der Waals surface area contributed by atoms with Crippen LogP contribution in [0.3, 0.4) is 0 Å². The molecule has 0 spiro atoms. The van der Waals surface area contributed by atoms with Gasteiger partial charge in [-0.1, -0.05) is 16.8 Å². The van der Waals surface area contributed by atoms with Crippen LogP contribution in [0.25, 0.3) is 11.4 Å². The fourth-order valence-electron chi connectivity index (χ4n) is 4.19. The fourth-order valence-corrected chi connectivity index (χ4v) is 4.19. The Hall–Kier alpha value is -2.83. The molecule has 1 aromatic carbocycles. The largest absolute Gasteiger partial charge is 0.497 e. The average molecular weight is 411 g/mol. The Balaban J connectivity index is 1.31. The van der Waals surface area contributed by atoms with Crippen LogP contribution < -0.4 is 15.0 Å². The highest BCUT2D eigenvalue weighted by molar-refractivity contribution is 5.79. The maximum atomic E-state index is 12.7. The summed E-state index contributed by atoms with van der Waals surface area (Å²) in [6.07, 6.45) is 10.1. The van der Waals surface area contributed by atoms with Gasteiger partial charge in [0.25, 0.3) is 0 Å². The second-order valence-corrected chi connectivity index (χ2v) is 8.06. The molecular weight excluding hydrogens is 380 g/mol. The van der Waals surface area contributed by atoms with Crippen molar-refractivity contribution in [2.24, 2.45) is 5.92 Å². The first-order valence-electron chi connectivity index (χ1n) is 10.9. The van der Waals surface area contributed by atoms with E-state index in [-0.39, 0.29) is 11.8 Å². The Bertz CT molecular complexity index is 875. The summed E-state index contributed by atoms with van der Waals surface area (Å²) in [5.41, 5.74) is 2.36. The van der Waals surface area contributed by atoms with Crippen molar-refractivity contribution in [1.82, 2.24) is 15.5 Å². The Morgan fingerprint density at radius 2 is 2.13 bits per heavy atom. The maximum Gasteiger partial charge on any atom is 0.324 e. The minimum atomic E-state index is -0.0459. The number of carbonyl (C=O) groups excluding carboxylic acids is 1. The highest BCUT2D eigenvalue weighted by Crippen LogP contribution is 2.26. The molecule has 0 bridgehead atoms. The molecule has 0 radical (unpaired) electrons. The summed E-state index contributed by atoms with van der Waals surface area (Å²) in [4.78, 5) is 19.2. The number of methoxy groups -OCH3 is 1. The molecule has 2 aliphatic rings. The van der Waals surface area contributed by atoms with Crippen molar-refractivity contribution >= 4 is 11.9 Å². The number of anilines is 1. The summed E-state index contributed by atoms with van der Waals surface area (Å²) in [7, 11) is 1.64. The maximum absolute atomic E-state index is 12.7. The zero-order valence-corrected chi connectivity index (χ0v) is 17.6. The predicted octanol–water partition coefficient (Wildman–Crippen LogP) is 3.97. The molecule has 1 aromatic heterocycles. The van der Waals surface area contributed by atoms with Gasteiger partial charge in [0, 0.05) is 25.2 Å². The van der Waals surface area contributed by atoms with Gasteiger partial charge in [-0.3, -0.25) is 4.79 Å². The van der Waals surface area contributed by atoms with E-state index in [0.717, 1.165) is 43.7 Å². The molecule has 1 saturated heterocycles. The molecule has 0 unspecified atom stereocenters. The van der Waals surface area contributed by atoms with E-state index in [2.05, 4.69) is 21.5 Å². The number of allylic oxidation sites excluding steroid dienone is 1. The normalized spacial score (nSPS) is 19.3. The molecule has 7 nitrogen and oxygen atoms in total.